The van der Waals surface area contributed by atoms with Gasteiger partial charge in [-0.25, -0.2) is 19.2 Å². The number of methoxy groups -OCH3 is 2. The van der Waals surface area contributed by atoms with E-state index in [-0.39, 0.29) is 48.2 Å². The average molecular weight is 1000 g/mol. The molecule has 7 aliphatic heterocycles. The Hall–Kier alpha value is -6.14. The number of benzene rings is 3. The van der Waals surface area contributed by atoms with E-state index in [9.17, 15) is 24.8 Å². The molecule has 2 saturated heterocycles. The number of likely N-dealkylation sites (N-methyl/N-ethyl adjacent to an activating group) is 1. The lowest BCUT2D eigenvalue weighted by Crippen LogP contribution is -2.69. The molecular weight excluding hydrogens is 939 g/mol. The zero-order valence-corrected chi connectivity index (χ0v) is 42.8. The number of nitrogens with zero attached hydrogens (tertiary/aromatic N) is 3. The average Bonchev–Trinajstić information content (AvgIpc) is 3.78. The Morgan fingerprint density at radius 1 is 0.944 bits per heavy atom. The van der Waals surface area contributed by atoms with Gasteiger partial charge in [0.05, 0.1) is 37.6 Å². The number of aryl methyl sites for hydroxylation is 1. The van der Waals surface area contributed by atoms with Crippen LogP contribution in [0.25, 0.3) is 0 Å². The number of piperazine rings is 1. The largest absolute Gasteiger partial charge is 0.514 e. The molecule has 7 heterocycles. The summed E-state index contributed by atoms with van der Waals surface area (Å²) in [6.07, 6.45) is -0.868. The minimum absolute atomic E-state index is 0.0119. The van der Waals surface area contributed by atoms with E-state index in [2.05, 4.69) is 26.5 Å². The van der Waals surface area contributed by atoms with Crippen molar-refractivity contribution >= 4 is 35.9 Å². The van der Waals surface area contributed by atoms with Crippen LogP contribution in [0.15, 0.2) is 18.2 Å². The van der Waals surface area contributed by atoms with Gasteiger partial charge in [0.25, 0.3) is 0 Å². The summed E-state index contributed by atoms with van der Waals surface area (Å²) in [6, 6.07) is 3.44. The molecule has 2 fully saturated rings. The summed E-state index contributed by atoms with van der Waals surface area (Å²) in [6.45, 7) is 15.3. The molecule has 0 saturated carbocycles. The number of nitrogens with one attached hydrogen (secondary N) is 2. The molecule has 7 aliphatic rings. The standard InChI is InChI=1S/C51H61N5O14S/c1-23-15-27-16-29-30(19-52)56-31-20-64-46(59)51(28-18-32(62-11)33(17-26(28)13-14-53-51)67-48(61)70-50(7,8)9)21-71-44(38(56)37(55(29)10)34(27)39(57)40(23)63-12)36-35(31)43-42(65-22-66-43)24(2)41(36)68-45(58)25(3)54-47(60)69-49(4,5)6/h15,17-18,25,29-31,37-38,44,53,57H,13-14,16,20-22H2,1-12H3,(H,54,60)/t25-,29?,30-,31-,37-,38?,44+,51+/m0/s1. The predicted molar refractivity (Wildman–Crippen MR) is 256 cm³/mol. The minimum atomic E-state index is -1.53. The predicted octanol–water partition coefficient (Wildman–Crippen LogP) is 6.49. The third-order valence-electron chi connectivity index (χ3n) is 14.0. The van der Waals surface area contributed by atoms with E-state index < -0.39 is 76.4 Å². The summed E-state index contributed by atoms with van der Waals surface area (Å²) >= 11 is 1.39. The van der Waals surface area contributed by atoms with Crippen LogP contribution in [0.3, 0.4) is 0 Å². The number of carbonyl (C=O) groups excluding carboxylic acids is 4. The highest BCUT2D eigenvalue weighted by Crippen LogP contribution is 2.65. The number of ether oxygens (including phenoxy) is 9. The number of hydrogen-bond donors (Lipinski definition) is 3. The number of aromatic hydroxyl groups is 1. The molecule has 10 rings (SSSR count). The number of amides is 1. The number of rotatable bonds is 6. The molecule has 0 radical (unpaired) electrons. The van der Waals surface area contributed by atoms with Gasteiger partial charge in [0, 0.05) is 46.6 Å². The Morgan fingerprint density at radius 2 is 1.66 bits per heavy atom. The van der Waals surface area contributed by atoms with Crippen LogP contribution in [0.1, 0.15) is 110 Å². The highest BCUT2D eigenvalue weighted by molar-refractivity contribution is 7.99. The van der Waals surface area contributed by atoms with E-state index in [0.717, 1.165) is 11.1 Å². The SMILES string of the molecule is COc1cc2c(cc1OC(=O)OC(C)(C)C)CCN[C@]21CS[C@@H]2c3c(OC(=O)[C@H](C)NC(=O)OC(C)(C)C)c(C)c4c(c3[C@H](COC1=O)N1C2[C@@H]2c3c(cc(C)c(OC)c3O)CC([C@@H]1C#N)N2C)OCO4. The Labute approximate surface area is 416 Å². The van der Waals surface area contributed by atoms with E-state index in [4.69, 9.17) is 42.6 Å². The lowest BCUT2D eigenvalue weighted by atomic mass is 9.71. The number of hydrogen-bond acceptors (Lipinski definition) is 19. The first-order valence-electron chi connectivity index (χ1n) is 23.6. The van der Waals surface area contributed by atoms with Gasteiger partial charge in [-0.3, -0.25) is 15.1 Å². The highest BCUT2D eigenvalue weighted by Gasteiger charge is 2.62. The van der Waals surface area contributed by atoms with Crippen LogP contribution in [-0.4, -0.2) is 121 Å². The molecule has 20 heteroatoms. The number of nitriles is 1. The maximum atomic E-state index is 15.2. The monoisotopic (exact) mass is 999 g/mol. The lowest BCUT2D eigenvalue weighted by molar-refractivity contribution is -0.157. The molecule has 4 bridgehead atoms. The Bertz CT molecular complexity index is 2760. The zero-order chi connectivity index (χ0) is 51.2. The van der Waals surface area contributed by atoms with E-state index in [1.165, 1.54) is 32.9 Å². The number of fused-ring (bicyclic) bond motifs is 9. The summed E-state index contributed by atoms with van der Waals surface area (Å²) in [5.41, 5.74) is 1.78. The summed E-state index contributed by atoms with van der Waals surface area (Å²) in [7, 11) is 4.89. The summed E-state index contributed by atoms with van der Waals surface area (Å²) in [4.78, 5) is 59.8. The molecule has 1 spiro atoms. The molecule has 71 heavy (non-hydrogen) atoms. The van der Waals surface area contributed by atoms with Crippen molar-refractivity contribution in [2.24, 2.45) is 0 Å². The van der Waals surface area contributed by atoms with E-state index in [0.29, 0.717) is 70.0 Å². The van der Waals surface area contributed by atoms with Crippen LogP contribution in [0.2, 0.25) is 0 Å². The summed E-state index contributed by atoms with van der Waals surface area (Å²) < 4.78 is 53.8. The van der Waals surface area contributed by atoms with Crippen molar-refractivity contribution in [3.8, 4) is 46.3 Å². The van der Waals surface area contributed by atoms with Crippen molar-refractivity contribution in [1.29, 1.82) is 5.26 Å². The molecule has 0 aliphatic carbocycles. The van der Waals surface area contributed by atoms with Crippen molar-refractivity contribution in [1.82, 2.24) is 20.4 Å². The summed E-state index contributed by atoms with van der Waals surface area (Å²) in [5, 5.41) is 29.0. The maximum Gasteiger partial charge on any atom is 0.514 e. The number of phenols is 1. The van der Waals surface area contributed by atoms with Crippen LogP contribution >= 0.6 is 11.8 Å². The van der Waals surface area contributed by atoms with Gasteiger partial charge in [0.2, 0.25) is 6.79 Å². The third kappa shape index (κ3) is 8.47. The first-order chi connectivity index (χ1) is 33.5. The third-order valence-corrected chi connectivity index (χ3v) is 15.5. The molecular formula is C51H61N5O14S. The maximum absolute atomic E-state index is 15.2. The molecule has 19 nitrogen and oxygen atoms in total. The van der Waals surface area contributed by atoms with Crippen LogP contribution in [0, 0.1) is 25.2 Å². The molecule has 3 aromatic carbocycles. The molecule has 1 amide bonds. The summed E-state index contributed by atoms with van der Waals surface area (Å²) in [5.74, 6) is 0.0300. The number of phenolic OH excluding ortho intramolecular Hbond substituents is 1. The fraction of sp³-hybridized carbons (Fsp3) is 0.549. The smallest absolute Gasteiger partial charge is 0.504 e. The van der Waals surface area contributed by atoms with E-state index in [1.807, 2.05) is 20.0 Å². The molecule has 2 unspecified atom stereocenters. The lowest BCUT2D eigenvalue weighted by Gasteiger charge is -2.62. The highest BCUT2D eigenvalue weighted by atomic mass is 32.2. The van der Waals surface area contributed by atoms with Crippen LogP contribution < -0.4 is 39.1 Å². The van der Waals surface area contributed by atoms with Crippen LogP contribution in [-0.2, 0) is 42.2 Å². The molecule has 380 valence electrons. The van der Waals surface area contributed by atoms with Crippen molar-refractivity contribution < 1.29 is 66.9 Å². The van der Waals surface area contributed by atoms with Gasteiger partial charge < -0.3 is 53.1 Å². The molecule has 3 N–H and O–H groups in total. The fourth-order valence-corrected chi connectivity index (χ4v) is 12.9. The second kappa shape index (κ2) is 18.2. The molecule has 0 aromatic heterocycles. The Kier molecular flexibility index (Phi) is 12.7. The van der Waals surface area contributed by atoms with Gasteiger partial charge in [-0.2, -0.15) is 5.26 Å². The number of esters is 2. The van der Waals surface area contributed by atoms with Gasteiger partial charge >= 0.3 is 24.2 Å². The second-order valence-electron chi connectivity index (χ2n) is 20.8. The number of thioether (sulfide) groups is 1. The van der Waals surface area contributed by atoms with E-state index >= 15 is 4.79 Å². The van der Waals surface area contributed by atoms with Gasteiger partial charge in [-0.15, -0.1) is 11.8 Å². The molecule has 8 atom stereocenters. The van der Waals surface area contributed by atoms with Crippen molar-refractivity contribution in [3.63, 3.8) is 0 Å². The fourth-order valence-electron chi connectivity index (χ4n) is 11.2. The Balaban J connectivity index is 1.25. The van der Waals surface area contributed by atoms with Gasteiger partial charge in [-0.05, 0) is 117 Å². The number of carbonyl (C=O) groups is 4. The first kappa shape index (κ1) is 49.8. The van der Waals surface area contributed by atoms with Gasteiger partial charge in [-0.1, -0.05) is 6.07 Å². The first-order valence-corrected chi connectivity index (χ1v) is 24.7. The zero-order valence-electron chi connectivity index (χ0n) is 42.0. The van der Waals surface area contributed by atoms with Crippen molar-refractivity contribution in [2.75, 3.05) is 47.0 Å². The van der Waals surface area contributed by atoms with Gasteiger partial charge in [0.15, 0.2) is 40.0 Å². The normalized spacial score (nSPS) is 25.8. The van der Waals surface area contributed by atoms with Gasteiger partial charge in [0.1, 0.15) is 35.6 Å². The van der Waals surface area contributed by atoms with Crippen molar-refractivity contribution in [2.45, 2.75) is 133 Å². The Morgan fingerprint density at radius 3 is 2.34 bits per heavy atom. The number of alkyl carbamates (subject to hydrolysis) is 1. The van der Waals surface area contributed by atoms with Crippen LogP contribution in [0.4, 0.5) is 9.59 Å². The topological polar surface area (TPSA) is 226 Å². The second-order valence-corrected chi connectivity index (χ2v) is 22.0. The quantitative estimate of drug-likeness (QED) is 0.104. The van der Waals surface area contributed by atoms with E-state index in [1.54, 1.807) is 60.6 Å². The minimum Gasteiger partial charge on any atom is -0.504 e. The molecule has 3 aromatic rings. The van der Waals surface area contributed by atoms with Crippen LogP contribution in [0.5, 0.6) is 40.2 Å². The van der Waals surface area contributed by atoms with Crippen molar-refractivity contribution in [3.05, 3.63) is 62.7 Å².